The van der Waals surface area contributed by atoms with Crippen molar-refractivity contribution in [2.24, 2.45) is 4.99 Å². The Balaban J connectivity index is 1.58. The van der Waals surface area contributed by atoms with Gasteiger partial charge in [0.05, 0.1) is 14.2 Å². The van der Waals surface area contributed by atoms with Crippen molar-refractivity contribution in [1.29, 1.82) is 0 Å². The molecule has 0 saturated heterocycles. The first-order chi connectivity index (χ1) is 13.1. The van der Waals surface area contributed by atoms with Gasteiger partial charge < -0.3 is 20.1 Å². The molecule has 6 heteroatoms. The number of hydrogen-bond donors (Lipinski definition) is 2. The Morgan fingerprint density at radius 3 is 2.44 bits per heavy atom. The highest BCUT2D eigenvalue weighted by Crippen LogP contribution is 2.48. The number of benzene rings is 2. The van der Waals surface area contributed by atoms with Crippen LogP contribution in [0.2, 0.25) is 0 Å². The van der Waals surface area contributed by atoms with Crippen LogP contribution in [0.4, 0.5) is 4.39 Å². The molecule has 0 atom stereocenters. The van der Waals surface area contributed by atoms with E-state index in [0.29, 0.717) is 30.5 Å². The third-order valence-electron chi connectivity index (χ3n) is 5.02. The Kier molecular flexibility index (Phi) is 5.84. The maximum absolute atomic E-state index is 14.1. The molecular weight excluding hydrogens is 345 g/mol. The zero-order valence-electron chi connectivity index (χ0n) is 16.0. The van der Waals surface area contributed by atoms with Gasteiger partial charge in [-0.15, -0.1) is 0 Å². The third-order valence-corrected chi connectivity index (χ3v) is 5.02. The first-order valence-electron chi connectivity index (χ1n) is 9.02. The van der Waals surface area contributed by atoms with Crippen LogP contribution >= 0.6 is 0 Å². The standard InChI is InChI=1S/C21H26FN3O2/c1-23-20(24-13-15-8-9-18(26-2)19(12-15)27-3)25-14-21(10-11-21)16-6-4-5-7-17(16)22/h4-9,12H,10-11,13-14H2,1-3H3,(H2,23,24,25). The lowest BCUT2D eigenvalue weighted by Gasteiger charge is -2.19. The van der Waals surface area contributed by atoms with Crippen LogP contribution in [0.5, 0.6) is 11.5 Å². The van der Waals surface area contributed by atoms with E-state index >= 15 is 0 Å². The molecule has 0 radical (unpaired) electrons. The molecule has 144 valence electrons. The molecule has 0 heterocycles. The van der Waals surface area contributed by atoms with Gasteiger partial charge in [-0.05, 0) is 42.2 Å². The van der Waals surface area contributed by atoms with Gasteiger partial charge in [0.15, 0.2) is 17.5 Å². The van der Waals surface area contributed by atoms with Crippen molar-refractivity contribution in [2.75, 3.05) is 27.8 Å². The third kappa shape index (κ3) is 4.32. The predicted octanol–water partition coefficient (Wildman–Crippen LogP) is 3.24. The van der Waals surface area contributed by atoms with Crippen molar-refractivity contribution in [2.45, 2.75) is 24.8 Å². The normalized spacial score (nSPS) is 15.2. The molecule has 0 bridgehead atoms. The Labute approximate surface area is 159 Å². The molecule has 2 aromatic rings. The molecule has 1 saturated carbocycles. The van der Waals surface area contributed by atoms with E-state index in [9.17, 15) is 4.39 Å². The number of guanidine groups is 1. The maximum Gasteiger partial charge on any atom is 0.191 e. The highest BCUT2D eigenvalue weighted by Gasteiger charge is 2.45. The smallest absolute Gasteiger partial charge is 0.191 e. The van der Waals surface area contributed by atoms with Gasteiger partial charge in [-0.1, -0.05) is 24.3 Å². The van der Waals surface area contributed by atoms with Crippen molar-refractivity contribution in [3.05, 3.63) is 59.4 Å². The summed E-state index contributed by atoms with van der Waals surface area (Å²) in [6.07, 6.45) is 1.96. The lowest BCUT2D eigenvalue weighted by Crippen LogP contribution is -2.41. The zero-order valence-corrected chi connectivity index (χ0v) is 16.0. The van der Waals surface area contributed by atoms with E-state index in [1.54, 1.807) is 27.3 Å². The van der Waals surface area contributed by atoms with Gasteiger partial charge in [0, 0.05) is 25.6 Å². The minimum Gasteiger partial charge on any atom is -0.493 e. The zero-order chi connectivity index (χ0) is 19.3. The molecule has 0 spiro atoms. The summed E-state index contributed by atoms with van der Waals surface area (Å²) in [5, 5.41) is 6.63. The summed E-state index contributed by atoms with van der Waals surface area (Å²) in [4.78, 5) is 4.27. The summed E-state index contributed by atoms with van der Waals surface area (Å²) in [5.74, 6) is 1.94. The van der Waals surface area contributed by atoms with E-state index in [1.807, 2.05) is 30.3 Å². The molecule has 5 nitrogen and oxygen atoms in total. The molecule has 27 heavy (non-hydrogen) atoms. The van der Waals surface area contributed by atoms with Gasteiger partial charge in [-0.25, -0.2) is 4.39 Å². The van der Waals surface area contributed by atoms with Crippen molar-refractivity contribution in [3.8, 4) is 11.5 Å². The largest absolute Gasteiger partial charge is 0.493 e. The summed E-state index contributed by atoms with van der Waals surface area (Å²) in [6.45, 7) is 1.24. The van der Waals surface area contributed by atoms with E-state index in [1.165, 1.54) is 6.07 Å². The molecule has 0 unspecified atom stereocenters. The lowest BCUT2D eigenvalue weighted by molar-refractivity contribution is 0.354. The molecule has 2 N–H and O–H groups in total. The van der Waals surface area contributed by atoms with Crippen LogP contribution in [-0.4, -0.2) is 33.8 Å². The lowest BCUT2D eigenvalue weighted by atomic mass is 9.95. The topological polar surface area (TPSA) is 54.9 Å². The molecule has 1 fully saturated rings. The highest BCUT2D eigenvalue weighted by molar-refractivity contribution is 5.79. The fourth-order valence-electron chi connectivity index (χ4n) is 3.23. The number of nitrogens with zero attached hydrogens (tertiary/aromatic N) is 1. The quantitative estimate of drug-likeness (QED) is 0.580. The molecular formula is C21H26FN3O2. The van der Waals surface area contributed by atoms with Crippen LogP contribution in [0.15, 0.2) is 47.5 Å². The minimum atomic E-state index is -0.134. The Bertz CT molecular complexity index is 819. The first kappa shape index (κ1) is 19.0. The van der Waals surface area contributed by atoms with Crippen molar-refractivity contribution < 1.29 is 13.9 Å². The van der Waals surface area contributed by atoms with Crippen LogP contribution in [0.25, 0.3) is 0 Å². The molecule has 1 aliphatic carbocycles. The average Bonchev–Trinajstić information content (AvgIpc) is 3.49. The highest BCUT2D eigenvalue weighted by atomic mass is 19.1. The van der Waals surface area contributed by atoms with Gasteiger partial charge in [-0.3, -0.25) is 4.99 Å². The second kappa shape index (κ2) is 8.29. The number of hydrogen-bond acceptors (Lipinski definition) is 3. The van der Waals surface area contributed by atoms with E-state index in [-0.39, 0.29) is 11.2 Å². The monoisotopic (exact) mass is 371 g/mol. The molecule has 0 amide bonds. The van der Waals surface area contributed by atoms with Gasteiger partial charge >= 0.3 is 0 Å². The second-order valence-electron chi connectivity index (χ2n) is 6.73. The Morgan fingerprint density at radius 1 is 1.07 bits per heavy atom. The van der Waals surface area contributed by atoms with Crippen LogP contribution in [-0.2, 0) is 12.0 Å². The average molecular weight is 371 g/mol. The molecule has 2 aromatic carbocycles. The van der Waals surface area contributed by atoms with E-state index in [2.05, 4.69) is 15.6 Å². The minimum absolute atomic E-state index is 0.133. The van der Waals surface area contributed by atoms with Crippen LogP contribution in [0.3, 0.4) is 0 Å². The number of rotatable bonds is 7. The van der Waals surface area contributed by atoms with Crippen LogP contribution < -0.4 is 20.1 Å². The molecule has 1 aliphatic rings. The summed E-state index contributed by atoms with van der Waals surface area (Å²) in [6, 6.07) is 12.8. The van der Waals surface area contributed by atoms with Gasteiger partial charge in [0.2, 0.25) is 0 Å². The maximum atomic E-state index is 14.1. The number of ether oxygens (including phenoxy) is 2. The van der Waals surface area contributed by atoms with Crippen molar-refractivity contribution in [3.63, 3.8) is 0 Å². The second-order valence-corrected chi connectivity index (χ2v) is 6.73. The summed E-state index contributed by atoms with van der Waals surface area (Å²) < 4.78 is 24.7. The van der Waals surface area contributed by atoms with Gasteiger partial charge in [0.1, 0.15) is 5.82 Å². The number of aliphatic imine (C=N–C) groups is 1. The SMILES string of the molecule is CN=C(NCc1ccc(OC)c(OC)c1)NCC1(c2ccccc2F)CC1. The molecule has 0 aliphatic heterocycles. The van der Waals surface area contributed by atoms with E-state index < -0.39 is 0 Å². The molecule has 3 rings (SSSR count). The Hall–Kier alpha value is -2.76. The number of nitrogens with one attached hydrogen (secondary N) is 2. The summed E-state index contributed by atoms with van der Waals surface area (Å²) in [5.41, 5.74) is 1.70. The van der Waals surface area contributed by atoms with E-state index in [4.69, 9.17) is 9.47 Å². The van der Waals surface area contributed by atoms with Gasteiger partial charge in [0.25, 0.3) is 0 Å². The van der Waals surface area contributed by atoms with Gasteiger partial charge in [-0.2, -0.15) is 0 Å². The van der Waals surface area contributed by atoms with E-state index in [0.717, 1.165) is 24.0 Å². The predicted molar refractivity (Wildman–Crippen MR) is 105 cm³/mol. The Morgan fingerprint density at radius 2 is 1.81 bits per heavy atom. The summed E-state index contributed by atoms with van der Waals surface area (Å²) >= 11 is 0. The number of methoxy groups -OCH3 is 2. The van der Waals surface area contributed by atoms with Crippen LogP contribution in [0.1, 0.15) is 24.0 Å². The van der Waals surface area contributed by atoms with Crippen molar-refractivity contribution >= 4 is 5.96 Å². The number of halogens is 1. The summed E-state index contributed by atoms with van der Waals surface area (Å²) in [7, 11) is 4.96. The first-order valence-corrected chi connectivity index (χ1v) is 9.02. The van der Waals surface area contributed by atoms with Crippen molar-refractivity contribution in [1.82, 2.24) is 10.6 Å². The fraction of sp³-hybridized carbons (Fsp3) is 0.381. The fourth-order valence-corrected chi connectivity index (χ4v) is 3.23. The molecule has 0 aromatic heterocycles. The van der Waals surface area contributed by atoms with Crippen LogP contribution in [0, 0.1) is 5.82 Å².